The van der Waals surface area contributed by atoms with E-state index in [2.05, 4.69) is 5.32 Å². The highest BCUT2D eigenvalue weighted by atomic mass is 17.4. The fourth-order valence-electron chi connectivity index (χ4n) is 4.91. The number of rotatable bonds is 3. The molecule has 1 aliphatic heterocycles. The Bertz CT molecular complexity index is 510. The highest BCUT2D eigenvalue weighted by molar-refractivity contribution is 5.76. The lowest BCUT2D eigenvalue weighted by Crippen LogP contribution is -2.52. The molecule has 4 rings (SSSR count). The van der Waals surface area contributed by atoms with Gasteiger partial charge in [0.25, 0.3) is 0 Å². The summed E-state index contributed by atoms with van der Waals surface area (Å²) in [4.78, 5) is 35.8. The third kappa shape index (κ3) is 6.39. The first kappa shape index (κ1) is 21.5. The molecule has 3 saturated carbocycles. The Labute approximate surface area is 176 Å². The van der Waals surface area contributed by atoms with Crippen molar-refractivity contribution in [1.29, 1.82) is 0 Å². The minimum atomic E-state index is -0.793. The van der Waals surface area contributed by atoms with Crippen molar-refractivity contribution >= 4 is 5.91 Å². The largest absolute Gasteiger partial charge is 0.353 e. The van der Waals surface area contributed by atoms with Crippen molar-refractivity contribution in [3.05, 3.63) is 0 Å². The predicted octanol–water partition coefficient (Wildman–Crippen LogP) is 5.70. The minimum absolute atomic E-state index is 0. The van der Waals surface area contributed by atoms with Gasteiger partial charge >= 0.3 is 0 Å². The summed E-state index contributed by atoms with van der Waals surface area (Å²) in [5, 5.41) is 3.09. The van der Waals surface area contributed by atoms with Gasteiger partial charge in [-0.05, 0) is 44.4 Å². The van der Waals surface area contributed by atoms with Gasteiger partial charge < -0.3 is 5.32 Å². The molecule has 2 spiro atoms. The second-order valence-corrected chi connectivity index (χ2v) is 9.83. The van der Waals surface area contributed by atoms with Gasteiger partial charge in [0.05, 0.1) is 0 Å². The molecule has 0 unspecified atom stereocenters. The maximum atomic E-state index is 12.1. The number of carbonyl (C=O) groups is 1. The van der Waals surface area contributed by atoms with E-state index in [4.69, 9.17) is 19.6 Å². The lowest BCUT2D eigenvalue weighted by molar-refractivity contribution is -0.662. The van der Waals surface area contributed by atoms with Crippen molar-refractivity contribution in [2.75, 3.05) is 0 Å². The van der Waals surface area contributed by atoms with E-state index in [-0.39, 0.29) is 7.33 Å². The molecule has 3 aliphatic carbocycles. The standard InChI is InChI=1S/C23H39NO5.H2/c25-21(24-20-10-11-20)18-19-12-16-23(17-13-19)28-26-22(27-29-23)14-8-6-4-2-1-3-5-7-9-15-22;/h19-20H,1-18H2,(H,24,25);1H. The summed E-state index contributed by atoms with van der Waals surface area (Å²) in [6, 6.07) is 0.436. The lowest BCUT2D eigenvalue weighted by Gasteiger charge is -2.45. The van der Waals surface area contributed by atoms with Gasteiger partial charge in [-0.1, -0.05) is 44.9 Å². The third-order valence-corrected chi connectivity index (χ3v) is 7.09. The Balaban J connectivity index is 0.00000256. The highest BCUT2D eigenvalue weighted by Crippen LogP contribution is 2.44. The predicted molar refractivity (Wildman–Crippen MR) is 110 cm³/mol. The normalized spacial score (nSPS) is 29.1. The molecule has 29 heavy (non-hydrogen) atoms. The Morgan fingerprint density at radius 3 is 1.62 bits per heavy atom. The molecule has 1 N–H and O–H groups in total. The molecule has 0 atom stereocenters. The Morgan fingerprint density at radius 2 is 1.14 bits per heavy atom. The molecule has 168 valence electrons. The topological polar surface area (TPSA) is 66.0 Å². The van der Waals surface area contributed by atoms with Crippen LogP contribution in [0.5, 0.6) is 0 Å². The number of amides is 1. The van der Waals surface area contributed by atoms with Gasteiger partial charge in [-0.3, -0.25) is 4.79 Å². The van der Waals surface area contributed by atoms with E-state index < -0.39 is 11.6 Å². The van der Waals surface area contributed by atoms with Crippen LogP contribution in [0, 0.1) is 5.92 Å². The van der Waals surface area contributed by atoms with Crippen LogP contribution in [0.15, 0.2) is 0 Å². The third-order valence-electron chi connectivity index (χ3n) is 7.09. The van der Waals surface area contributed by atoms with E-state index in [9.17, 15) is 4.79 Å². The van der Waals surface area contributed by atoms with Gasteiger partial charge in [-0.15, -0.1) is 0 Å². The zero-order chi connectivity index (χ0) is 20.0. The molecule has 0 aromatic heterocycles. The fourth-order valence-corrected chi connectivity index (χ4v) is 4.91. The van der Waals surface area contributed by atoms with Gasteiger partial charge in [-0.25, -0.2) is 0 Å². The molecule has 4 fully saturated rings. The zero-order valence-corrected chi connectivity index (χ0v) is 17.9. The molecule has 1 amide bonds. The Morgan fingerprint density at radius 1 is 0.690 bits per heavy atom. The van der Waals surface area contributed by atoms with E-state index in [0.717, 1.165) is 51.4 Å². The average Bonchev–Trinajstić information content (AvgIpc) is 3.53. The molecule has 4 aliphatic rings. The quantitative estimate of drug-likeness (QED) is 0.604. The van der Waals surface area contributed by atoms with Gasteiger partial charge in [0, 0.05) is 39.6 Å². The summed E-state index contributed by atoms with van der Waals surface area (Å²) in [5.41, 5.74) is 0. The molecule has 6 nitrogen and oxygen atoms in total. The van der Waals surface area contributed by atoms with Crippen molar-refractivity contribution in [1.82, 2.24) is 5.32 Å². The summed E-state index contributed by atoms with van der Waals surface area (Å²) >= 11 is 0. The second-order valence-electron chi connectivity index (χ2n) is 9.83. The molecule has 1 heterocycles. The van der Waals surface area contributed by atoms with Gasteiger partial charge in [-0.2, -0.15) is 19.6 Å². The molecular formula is C23H41NO5. The summed E-state index contributed by atoms with van der Waals surface area (Å²) in [6.07, 6.45) is 19.0. The summed E-state index contributed by atoms with van der Waals surface area (Å²) < 4.78 is 0. The fraction of sp³-hybridized carbons (Fsp3) is 0.957. The number of hydrogen-bond acceptors (Lipinski definition) is 5. The average molecular weight is 412 g/mol. The molecule has 0 aromatic carbocycles. The van der Waals surface area contributed by atoms with Crippen molar-refractivity contribution in [3.63, 3.8) is 0 Å². The van der Waals surface area contributed by atoms with Crippen molar-refractivity contribution in [2.45, 2.75) is 133 Å². The van der Waals surface area contributed by atoms with Crippen LogP contribution < -0.4 is 5.32 Å². The number of nitrogens with one attached hydrogen (secondary N) is 1. The number of carbonyl (C=O) groups excluding carboxylic acids is 1. The summed E-state index contributed by atoms with van der Waals surface area (Å²) in [7, 11) is 0. The SMILES string of the molecule is O=C(CC1CCC2(CC1)OOC1(CCCCCCCCCCC1)OO2)NC1CC1.[HH]. The van der Waals surface area contributed by atoms with Crippen LogP contribution in [0.25, 0.3) is 0 Å². The molecule has 0 aromatic rings. The molecule has 1 saturated heterocycles. The Kier molecular flexibility index (Phi) is 7.49. The summed E-state index contributed by atoms with van der Waals surface area (Å²) in [5.74, 6) is -0.952. The van der Waals surface area contributed by atoms with Crippen LogP contribution in [-0.4, -0.2) is 23.5 Å². The van der Waals surface area contributed by atoms with Gasteiger partial charge in [0.15, 0.2) is 0 Å². The zero-order valence-electron chi connectivity index (χ0n) is 17.9. The molecule has 6 heteroatoms. The van der Waals surface area contributed by atoms with Crippen LogP contribution in [0.2, 0.25) is 0 Å². The number of hydrogen-bond donors (Lipinski definition) is 1. The lowest BCUT2D eigenvalue weighted by atomic mass is 9.83. The van der Waals surface area contributed by atoms with Crippen molar-refractivity contribution in [3.8, 4) is 0 Å². The maximum Gasteiger partial charge on any atom is 0.234 e. The molecule has 0 bridgehead atoms. The molecule has 0 radical (unpaired) electrons. The van der Waals surface area contributed by atoms with Crippen molar-refractivity contribution in [2.24, 2.45) is 5.92 Å². The van der Waals surface area contributed by atoms with E-state index in [1.807, 2.05) is 0 Å². The minimum Gasteiger partial charge on any atom is -0.353 e. The first-order valence-corrected chi connectivity index (χ1v) is 12.2. The smallest absolute Gasteiger partial charge is 0.234 e. The van der Waals surface area contributed by atoms with Crippen LogP contribution in [0.4, 0.5) is 0 Å². The van der Waals surface area contributed by atoms with E-state index >= 15 is 0 Å². The van der Waals surface area contributed by atoms with Crippen LogP contribution in [0.3, 0.4) is 0 Å². The van der Waals surface area contributed by atoms with Crippen LogP contribution >= 0.6 is 0 Å². The van der Waals surface area contributed by atoms with Gasteiger partial charge in [0.1, 0.15) is 0 Å². The first-order chi connectivity index (χ1) is 14.2. The maximum absolute atomic E-state index is 12.1. The van der Waals surface area contributed by atoms with Crippen LogP contribution in [-0.2, 0) is 24.3 Å². The van der Waals surface area contributed by atoms with Crippen LogP contribution in [0.1, 0.15) is 117 Å². The first-order valence-electron chi connectivity index (χ1n) is 12.2. The summed E-state index contributed by atoms with van der Waals surface area (Å²) in [6.45, 7) is 0. The highest BCUT2D eigenvalue weighted by Gasteiger charge is 2.50. The van der Waals surface area contributed by atoms with E-state index in [1.54, 1.807) is 0 Å². The Hall–Kier alpha value is -0.690. The second kappa shape index (κ2) is 10.1. The van der Waals surface area contributed by atoms with E-state index in [0.29, 0.717) is 31.2 Å². The van der Waals surface area contributed by atoms with Gasteiger partial charge in [0.2, 0.25) is 17.5 Å². The monoisotopic (exact) mass is 411 g/mol. The molecular weight excluding hydrogens is 370 g/mol. The van der Waals surface area contributed by atoms with E-state index in [1.165, 1.54) is 44.9 Å². The van der Waals surface area contributed by atoms with Crippen molar-refractivity contribution < 1.29 is 25.8 Å².